The second-order valence-electron chi connectivity index (χ2n) is 1.46. The fourth-order valence-corrected chi connectivity index (χ4v) is 0.401. The van der Waals surface area contributed by atoms with Gasteiger partial charge in [-0.05, 0) is 0 Å². The van der Waals surface area contributed by atoms with Crippen LogP contribution in [0.4, 0.5) is 0 Å². The fraction of sp³-hybridized carbons (Fsp3) is 0.500. The highest BCUT2D eigenvalue weighted by Gasteiger charge is 1.96. The molecule has 0 fully saturated rings. The van der Waals surface area contributed by atoms with Gasteiger partial charge in [-0.15, -0.1) is 0 Å². The first kappa shape index (κ1) is 4.46. The molecule has 1 aliphatic rings. The summed E-state index contributed by atoms with van der Waals surface area (Å²) in [6.45, 7) is 0. The molecule has 0 aliphatic carbocycles. The average Bonchev–Trinajstić information content (AvgIpc) is 1.69. The summed E-state index contributed by atoms with van der Waals surface area (Å²) in [5.74, 6) is 0. The minimum Gasteiger partial charge on any atom is -0.323 e. The van der Waals surface area contributed by atoms with E-state index < -0.39 is 0 Å². The van der Waals surface area contributed by atoms with Crippen molar-refractivity contribution in [3.63, 3.8) is 0 Å². The smallest absolute Gasteiger partial charge is 0.0468 e. The largest absolute Gasteiger partial charge is 0.323 e. The first-order valence-electron chi connectivity index (χ1n) is 2.20. The Kier molecular flexibility index (Phi) is 1.17. The summed E-state index contributed by atoms with van der Waals surface area (Å²) in [6, 6.07) is 0.0949. The minimum absolute atomic E-state index is 0.0949. The Morgan fingerprint density at radius 3 is 2.71 bits per heavy atom. The second kappa shape index (κ2) is 1.84. The molecule has 1 atom stereocenters. The highest BCUT2D eigenvalue weighted by atomic mass is 15.2. The van der Waals surface area contributed by atoms with Crippen molar-refractivity contribution in [2.45, 2.75) is 12.5 Å². The van der Waals surface area contributed by atoms with Gasteiger partial charge in [0.2, 0.25) is 0 Å². The van der Waals surface area contributed by atoms with E-state index >= 15 is 0 Å². The van der Waals surface area contributed by atoms with Crippen LogP contribution in [0.1, 0.15) is 6.42 Å². The van der Waals surface area contributed by atoms with Crippen molar-refractivity contribution in [3.8, 4) is 0 Å². The normalized spacial score (nSPS) is 28.4. The van der Waals surface area contributed by atoms with E-state index in [1.54, 1.807) is 12.4 Å². The Morgan fingerprint density at radius 1 is 1.57 bits per heavy atom. The molecule has 3 heteroatoms. The van der Waals surface area contributed by atoms with E-state index in [-0.39, 0.29) is 6.04 Å². The Hall–Kier alpha value is -0.700. The van der Waals surface area contributed by atoms with Gasteiger partial charge in [0.25, 0.3) is 0 Å². The van der Waals surface area contributed by atoms with Crippen LogP contribution in [0.2, 0.25) is 0 Å². The third kappa shape index (κ3) is 1.08. The van der Waals surface area contributed by atoms with Gasteiger partial charge >= 0.3 is 0 Å². The predicted molar refractivity (Wildman–Crippen MR) is 29.6 cm³/mol. The summed E-state index contributed by atoms with van der Waals surface area (Å²) in [7, 11) is 0. The van der Waals surface area contributed by atoms with Crippen LogP contribution in [0, 0.1) is 0 Å². The maximum absolute atomic E-state index is 5.39. The summed E-state index contributed by atoms with van der Waals surface area (Å²) in [5.41, 5.74) is 5.39. The van der Waals surface area contributed by atoms with Crippen molar-refractivity contribution in [3.05, 3.63) is 0 Å². The van der Waals surface area contributed by atoms with Crippen molar-refractivity contribution in [1.29, 1.82) is 0 Å². The second-order valence-corrected chi connectivity index (χ2v) is 1.46. The molecule has 1 aliphatic heterocycles. The molecule has 2 N–H and O–H groups in total. The van der Waals surface area contributed by atoms with Gasteiger partial charge in [-0.3, -0.25) is 0 Å². The molecule has 1 heterocycles. The van der Waals surface area contributed by atoms with Crippen LogP contribution in [-0.2, 0) is 0 Å². The molecule has 0 saturated carbocycles. The molecule has 0 amide bonds. The zero-order valence-electron chi connectivity index (χ0n) is 3.91. The Labute approximate surface area is 41.9 Å². The van der Waals surface area contributed by atoms with Gasteiger partial charge in [0, 0.05) is 24.9 Å². The summed E-state index contributed by atoms with van der Waals surface area (Å²) in [4.78, 5) is 0. The minimum atomic E-state index is 0.0949. The van der Waals surface area contributed by atoms with Gasteiger partial charge in [0.05, 0.1) is 0 Å². The molecule has 3 nitrogen and oxygen atoms in total. The van der Waals surface area contributed by atoms with Crippen LogP contribution in [0.25, 0.3) is 0 Å². The van der Waals surface area contributed by atoms with Crippen molar-refractivity contribution in [1.82, 2.24) is 0 Å². The van der Waals surface area contributed by atoms with E-state index in [2.05, 4.69) is 10.2 Å². The predicted octanol–water partition coefficient (Wildman–Crippen LogP) is -0.226. The zero-order chi connectivity index (χ0) is 5.11. The van der Waals surface area contributed by atoms with E-state index in [1.165, 1.54) is 0 Å². The van der Waals surface area contributed by atoms with Crippen molar-refractivity contribution in [2.24, 2.45) is 15.9 Å². The average molecular weight is 97.1 g/mol. The van der Waals surface area contributed by atoms with Gasteiger partial charge in [-0.1, -0.05) is 0 Å². The number of rotatable bonds is 0. The number of nitrogens with two attached hydrogens (primary N) is 1. The molecule has 0 aromatic rings. The summed E-state index contributed by atoms with van der Waals surface area (Å²) in [5, 5.41) is 7.17. The van der Waals surface area contributed by atoms with E-state index in [0.29, 0.717) is 0 Å². The van der Waals surface area contributed by atoms with Gasteiger partial charge in [0.15, 0.2) is 0 Å². The van der Waals surface area contributed by atoms with Gasteiger partial charge in [-0.25, -0.2) is 0 Å². The molecule has 0 bridgehead atoms. The molecule has 1 rings (SSSR count). The van der Waals surface area contributed by atoms with Crippen LogP contribution in [0.15, 0.2) is 10.2 Å². The molecule has 38 valence electrons. The highest BCUT2D eigenvalue weighted by Crippen LogP contribution is 1.86. The molecular weight excluding hydrogens is 90.1 g/mol. The molecule has 7 heavy (non-hydrogen) atoms. The van der Waals surface area contributed by atoms with Gasteiger partial charge in [-0.2, -0.15) is 10.2 Å². The van der Waals surface area contributed by atoms with Crippen LogP contribution in [-0.4, -0.2) is 18.5 Å². The molecular formula is C4H7N3. The van der Waals surface area contributed by atoms with Crippen LogP contribution >= 0.6 is 0 Å². The van der Waals surface area contributed by atoms with E-state index in [1.807, 2.05) is 0 Å². The third-order valence-corrected chi connectivity index (χ3v) is 0.784. The van der Waals surface area contributed by atoms with Crippen molar-refractivity contribution >= 4 is 12.4 Å². The third-order valence-electron chi connectivity index (χ3n) is 0.784. The lowest BCUT2D eigenvalue weighted by molar-refractivity contribution is 0.903. The molecule has 0 aromatic carbocycles. The topological polar surface area (TPSA) is 50.7 Å². The van der Waals surface area contributed by atoms with E-state index in [0.717, 1.165) is 6.42 Å². The van der Waals surface area contributed by atoms with Crippen LogP contribution in [0.5, 0.6) is 0 Å². The van der Waals surface area contributed by atoms with E-state index in [4.69, 9.17) is 5.73 Å². The molecule has 1 unspecified atom stereocenters. The lowest BCUT2D eigenvalue weighted by atomic mass is 10.2. The quantitative estimate of drug-likeness (QED) is 0.446. The standard InChI is InChI=1S/C4H7N3/c5-4-1-2-6-7-3-4/h2-4H,1,5H2. The Morgan fingerprint density at radius 2 is 2.43 bits per heavy atom. The summed E-state index contributed by atoms with van der Waals surface area (Å²) in [6.07, 6.45) is 4.17. The number of nitrogens with zero attached hydrogens (tertiary/aromatic N) is 2. The Bertz CT molecular complexity index is 106. The fourth-order valence-electron chi connectivity index (χ4n) is 0.401. The van der Waals surface area contributed by atoms with Gasteiger partial charge < -0.3 is 5.73 Å². The maximum atomic E-state index is 5.39. The lowest BCUT2D eigenvalue weighted by Crippen LogP contribution is -2.23. The zero-order valence-corrected chi connectivity index (χ0v) is 3.91. The van der Waals surface area contributed by atoms with Crippen LogP contribution < -0.4 is 5.73 Å². The van der Waals surface area contributed by atoms with Crippen molar-refractivity contribution in [2.75, 3.05) is 0 Å². The molecule has 0 spiro atoms. The SMILES string of the molecule is NC1C=NN=CC1. The highest BCUT2D eigenvalue weighted by molar-refractivity contribution is 5.74. The first-order chi connectivity index (χ1) is 3.39. The summed E-state index contributed by atoms with van der Waals surface area (Å²) < 4.78 is 0. The first-order valence-corrected chi connectivity index (χ1v) is 2.20. The summed E-state index contributed by atoms with van der Waals surface area (Å²) >= 11 is 0. The van der Waals surface area contributed by atoms with Gasteiger partial charge in [0.1, 0.15) is 0 Å². The maximum Gasteiger partial charge on any atom is 0.0468 e. The molecule has 0 aromatic heterocycles. The lowest BCUT2D eigenvalue weighted by Gasteiger charge is -2.00. The van der Waals surface area contributed by atoms with Crippen molar-refractivity contribution < 1.29 is 0 Å². The number of hydrogen-bond donors (Lipinski definition) is 1. The monoisotopic (exact) mass is 97.1 g/mol. The number of hydrogen-bond acceptors (Lipinski definition) is 3. The Balaban J connectivity index is 2.49. The molecule has 0 radical (unpaired) electrons. The molecule has 0 saturated heterocycles. The van der Waals surface area contributed by atoms with E-state index in [9.17, 15) is 0 Å². The van der Waals surface area contributed by atoms with Crippen LogP contribution in [0.3, 0.4) is 0 Å².